The van der Waals surface area contributed by atoms with Gasteiger partial charge in [0.1, 0.15) is 5.15 Å². The maximum Gasteiger partial charge on any atom is 0.131 e. The number of nitrogens with one attached hydrogen (secondary N) is 1. The van der Waals surface area contributed by atoms with Crippen molar-refractivity contribution in [3.63, 3.8) is 0 Å². The topological polar surface area (TPSA) is 24.9 Å². The van der Waals surface area contributed by atoms with E-state index in [-0.39, 0.29) is 6.04 Å². The first-order valence-electron chi connectivity index (χ1n) is 4.44. The molecule has 0 aromatic carbocycles. The first kappa shape index (κ1) is 11.0. The number of aryl methyl sites for hydroxylation is 1. The summed E-state index contributed by atoms with van der Waals surface area (Å²) in [5.74, 6) is 2.60. The Kier molecular flexibility index (Phi) is 3.94. The highest BCUT2D eigenvalue weighted by Crippen LogP contribution is 2.12. The van der Waals surface area contributed by atoms with Gasteiger partial charge >= 0.3 is 0 Å². The molecule has 0 spiro atoms. The van der Waals surface area contributed by atoms with Crippen LogP contribution in [0, 0.1) is 19.3 Å². The number of pyridine rings is 1. The van der Waals surface area contributed by atoms with Crippen LogP contribution in [0.25, 0.3) is 0 Å². The Labute approximate surface area is 89.7 Å². The van der Waals surface area contributed by atoms with E-state index in [1.807, 2.05) is 19.9 Å². The van der Waals surface area contributed by atoms with Gasteiger partial charge in [-0.3, -0.25) is 5.32 Å². The van der Waals surface area contributed by atoms with Crippen LogP contribution in [-0.4, -0.2) is 11.0 Å². The van der Waals surface area contributed by atoms with Gasteiger partial charge in [-0.25, -0.2) is 4.98 Å². The summed E-state index contributed by atoms with van der Waals surface area (Å²) >= 11 is 5.81. The van der Waals surface area contributed by atoms with Gasteiger partial charge in [0.25, 0.3) is 0 Å². The van der Waals surface area contributed by atoms with Crippen molar-refractivity contribution in [1.29, 1.82) is 0 Å². The Bertz CT molecular complexity index is 355. The van der Waals surface area contributed by atoms with Gasteiger partial charge in [-0.1, -0.05) is 23.6 Å². The highest BCUT2D eigenvalue weighted by atomic mass is 35.5. The molecule has 1 aromatic rings. The molecule has 3 heteroatoms. The molecule has 0 fully saturated rings. The zero-order valence-electron chi connectivity index (χ0n) is 8.34. The predicted octanol–water partition coefficient (Wildman–Crippen LogP) is 2.15. The lowest BCUT2D eigenvalue weighted by Gasteiger charge is -2.07. The minimum Gasteiger partial charge on any atom is -0.300 e. The van der Waals surface area contributed by atoms with Crippen LogP contribution >= 0.6 is 11.6 Å². The summed E-state index contributed by atoms with van der Waals surface area (Å²) in [6.07, 6.45) is 7.00. The molecular weight excluding hydrogens is 196 g/mol. The normalized spacial score (nSPS) is 12.1. The zero-order chi connectivity index (χ0) is 10.6. The predicted molar refractivity (Wildman–Crippen MR) is 59.1 cm³/mol. The van der Waals surface area contributed by atoms with E-state index in [0.717, 1.165) is 17.7 Å². The average molecular weight is 209 g/mol. The van der Waals surface area contributed by atoms with Crippen LogP contribution in [0.1, 0.15) is 18.1 Å². The second kappa shape index (κ2) is 4.99. The third-order valence-corrected chi connectivity index (χ3v) is 2.33. The molecule has 14 heavy (non-hydrogen) atoms. The molecule has 0 radical (unpaired) electrons. The number of hydrogen-bond acceptors (Lipinski definition) is 2. The first-order chi connectivity index (χ1) is 6.63. The molecular formula is C11H13ClN2. The summed E-state index contributed by atoms with van der Waals surface area (Å²) in [6, 6.07) is 2.08. The van der Waals surface area contributed by atoms with Crippen molar-refractivity contribution in [1.82, 2.24) is 10.3 Å². The molecule has 74 valence electrons. The first-order valence-corrected chi connectivity index (χ1v) is 4.82. The molecule has 1 heterocycles. The van der Waals surface area contributed by atoms with E-state index in [1.54, 1.807) is 6.20 Å². The largest absolute Gasteiger partial charge is 0.300 e. The third-order valence-electron chi connectivity index (χ3n) is 1.93. The molecule has 0 amide bonds. The summed E-state index contributed by atoms with van der Waals surface area (Å²) in [4.78, 5) is 4.06. The van der Waals surface area contributed by atoms with Crippen molar-refractivity contribution in [3.8, 4) is 12.3 Å². The SMILES string of the molecule is C#CC(C)NCc1cnc(Cl)c(C)c1. The van der Waals surface area contributed by atoms with Gasteiger partial charge in [0.2, 0.25) is 0 Å². The van der Waals surface area contributed by atoms with Gasteiger partial charge in [0, 0.05) is 12.7 Å². The van der Waals surface area contributed by atoms with E-state index in [4.69, 9.17) is 18.0 Å². The van der Waals surface area contributed by atoms with E-state index < -0.39 is 0 Å². The van der Waals surface area contributed by atoms with Crippen molar-refractivity contribution in [3.05, 3.63) is 28.5 Å². The average Bonchev–Trinajstić information content (AvgIpc) is 2.19. The number of hydrogen-bond donors (Lipinski definition) is 1. The van der Waals surface area contributed by atoms with Crippen molar-refractivity contribution in [2.24, 2.45) is 0 Å². The quantitative estimate of drug-likeness (QED) is 0.608. The summed E-state index contributed by atoms with van der Waals surface area (Å²) in [7, 11) is 0. The molecule has 0 saturated heterocycles. The van der Waals surface area contributed by atoms with Crippen LogP contribution in [0.2, 0.25) is 5.15 Å². The van der Waals surface area contributed by atoms with Crippen LogP contribution in [0.3, 0.4) is 0 Å². The van der Waals surface area contributed by atoms with E-state index in [1.165, 1.54) is 0 Å². The molecule has 1 rings (SSSR count). The lowest BCUT2D eigenvalue weighted by atomic mass is 10.2. The number of aromatic nitrogens is 1. The van der Waals surface area contributed by atoms with Crippen molar-refractivity contribution >= 4 is 11.6 Å². The van der Waals surface area contributed by atoms with Gasteiger partial charge in [-0.05, 0) is 25.0 Å². The minimum atomic E-state index is 0.0750. The molecule has 1 aromatic heterocycles. The van der Waals surface area contributed by atoms with E-state index in [9.17, 15) is 0 Å². The standard InChI is InChI=1S/C11H13ClN2/c1-4-9(3)13-6-10-5-8(2)11(12)14-7-10/h1,5,7,9,13H,6H2,2-3H3. The summed E-state index contributed by atoms with van der Waals surface area (Å²) in [5, 5.41) is 3.73. The maximum atomic E-state index is 5.81. The molecule has 1 atom stereocenters. The summed E-state index contributed by atoms with van der Waals surface area (Å²) in [5.41, 5.74) is 2.08. The van der Waals surface area contributed by atoms with Gasteiger partial charge in [0.15, 0.2) is 0 Å². The molecule has 0 aliphatic rings. The lowest BCUT2D eigenvalue weighted by Crippen LogP contribution is -2.23. The molecule has 2 nitrogen and oxygen atoms in total. The Morgan fingerprint density at radius 1 is 1.71 bits per heavy atom. The molecule has 0 saturated carbocycles. The van der Waals surface area contributed by atoms with Gasteiger partial charge in [-0.2, -0.15) is 0 Å². The monoisotopic (exact) mass is 208 g/mol. The third kappa shape index (κ3) is 3.02. The zero-order valence-corrected chi connectivity index (χ0v) is 9.10. The smallest absolute Gasteiger partial charge is 0.131 e. The van der Waals surface area contributed by atoms with Crippen LogP contribution in [-0.2, 0) is 6.54 Å². The number of rotatable bonds is 3. The number of halogens is 1. The molecule has 1 N–H and O–H groups in total. The van der Waals surface area contributed by atoms with E-state index in [0.29, 0.717) is 5.15 Å². The fraction of sp³-hybridized carbons (Fsp3) is 0.364. The molecule has 0 aliphatic carbocycles. The van der Waals surface area contributed by atoms with Gasteiger partial charge in [-0.15, -0.1) is 6.42 Å². The number of terminal acetylenes is 1. The highest BCUT2D eigenvalue weighted by Gasteiger charge is 2.00. The maximum absolute atomic E-state index is 5.81. The van der Waals surface area contributed by atoms with Crippen LogP contribution in [0.4, 0.5) is 0 Å². The lowest BCUT2D eigenvalue weighted by molar-refractivity contribution is 0.646. The van der Waals surface area contributed by atoms with Crippen LogP contribution < -0.4 is 5.32 Å². The highest BCUT2D eigenvalue weighted by molar-refractivity contribution is 6.30. The second-order valence-corrected chi connectivity index (χ2v) is 3.58. The molecule has 0 aliphatic heterocycles. The van der Waals surface area contributed by atoms with Crippen LogP contribution in [0.5, 0.6) is 0 Å². The van der Waals surface area contributed by atoms with Gasteiger partial charge in [0.05, 0.1) is 6.04 Å². The van der Waals surface area contributed by atoms with Crippen molar-refractivity contribution in [2.45, 2.75) is 26.4 Å². The fourth-order valence-electron chi connectivity index (χ4n) is 1.04. The summed E-state index contributed by atoms with van der Waals surface area (Å²) < 4.78 is 0. The number of nitrogens with zero attached hydrogens (tertiary/aromatic N) is 1. The van der Waals surface area contributed by atoms with Crippen LogP contribution in [0.15, 0.2) is 12.3 Å². The Balaban J connectivity index is 2.61. The summed E-state index contributed by atoms with van der Waals surface area (Å²) in [6.45, 7) is 4.59. The molecule has 1 unspecified atom stereocenters. The van der Waals surface area contributed by atoms with Gasteiger partial charge < -0.3 is 0 Å². The minimum absolute atomic E-state index is 0.0750. The van der Waals surface area contributed by atoms with E-state index in [2.05, 4.69) is 16.2 Å². The van der Waals surface area contributed by atoms with Crippen molar-refractivity contribution in [2.75, 3.05) is 0 Å². The molecule has 0 bridgehead atoms. The fourth-order valence-corrected chi connectivity index (χ4v) is 1.15. The Morgan fingerprint density at radius 3 is 3.00 bits per heavy atom. The Morgan fingerprint density at radius 2 is 2.43 bits per heavy atom. The second-order valence-electron chi connectivity index (χ2n) is 3.22. The van der Waals surface area contributed by atoms with Crippen molar-refractivity contribution < 1.29 is 0 Å². The Hall–Kier alpha value is -1.04. The van der Waals surface area contributed by atoms with E-state index >= 15 is 0 Å².